The van der Waals surface area contributed by atoms with E-state index < -0.39 is 5.97 Å². The maximum Gasteiger partial charge on any atom is 0.343 e. The SMILES string of the molecule is O=C1CCc2ccc(OC(=O)c3cccc(OCc4ccc5ccccc5n4)c3)cc2N1. The van der Waals surface area contributed by atoms with Crippen LogP contribution in [0.3, 0.4) is 0 Å². The van der Waals surface area contributed by atoms with Crippen molar-refractivity contribution in [2.45, 2.75) is 19.4 Å². The second kappa shape index (κ2) is 8.51. The number of fused-ring (bicyclic) bond motifs is 2. The highest BCUT2D eigenvalue weighted by Gasteiger charge is 2.17. The van der Waals surface area contributed by atoms with Crippen LogP contribution >= 0.6 is 0 Å². The number of anilines is 1. The smallest absolute Gasteiger partial charge is 0.343 e. The lowest BCUT2D eigenvalue weighted by molar-refractivity contribution is -0.116. The number of hydrogen-bond donors (Lipinski definition) is 1. The Morgan fingerprint density at radius 2 is 1.81 bits per heavy atom. The first-order chi connectivity index (χ1) is 15.6. The Bertz CT molecular complexity index is 1330. The molecule has 4 aromatic rings. The Morgan fingerprint density at radius 3 is 2.75 bits per heavy atom. The summed E-state index contributed by atoms with van der Waals surface area (Å²) in [6.07, 6.45) is 1.15. The van der Waals surface area contributed by atoms with E-state index in [0.717, 1.165) is 22.2 Å². The zero-order chi connectivity index (χ0) is 21.9. The number of nitrogens with zero attached hydrogens (tertiary/aromatic N) is 1. The maximum atomic E-state index is 12.6. The quantitative estimate of drug-likeness (QED) is 0.364. The van der Waals surface area contributed by atoms with Gasteiger partial charge in [0.1, 0.15) is 18.1 Å². The van der Waals surface area contributed by atoms with Crippen molar-refractivity contribution in [2.24, 2.45) is 0 Å². The minimum atomic E-state index is -0.499. The van der Waals surface area contributed by atoms with E-state index in [2.05, 4.69) is 10.3 Å². The van der Waals surface area contributed by atoms with Crippen molar-refractivity contribution in [2.75, 3.05) is 5.32 Å². The molecule has 0 aliphatic carbocycles. The predicted molar refractivity (Wildman–Crippen MR) is 121 cm³/mol. The molecular formula is C26H20N2O4. The van der Waals surface area contributed by atoms with Gasteiger partial charge in [-0.05, 0) is 48.4 Å². The predicted octanol–water partition coefficient (Wildman–Crippen LogP) is 4.92. The highest BCUT2D eigenvalue weighted by Crippen LogP contribution is 2.28. The number of esters is 1. The van der Waals surface area contributed by atoms with Crippen molar-refractivity contribution < 1.29 is 19.1 Å². The fourth-order valence-corrected chi connectivity index (χ4v) is 3.64. The van der Waals surface area contributed by atoms with Crippen LogP contribution in [0.25, 0.3) is 10.9 Å². The number of ether oxygens (including phenoxy) is 2. The Morgan fingerprint density at radius 1 is 0.906 bits per heavy atom. The summed E-state index contributed by atoms with van der Waals surface area (Å²) in [6, 6.07) is 24.0. The van der Waals surface area contributed by atoms with Crippen molar-refractivity contribution in [3.05, 3.63) is 95.7 Å². The molecule has 5 rings (SSSR count). The van der Waals surface area contributed by atoms with Gasteiger partial charge in [-0.3, -0.25) is 4.79 Å². The lowest BCUT2D eigenvalue weighted by atomic mass is 10.0. The molecule has 0 unspecified atom stereocenters. The van der Waals surface area contributed by atoms with E-state index in [1.54, 1.807) is 36.4 Å². The number of aryl methyl sites for hydroxylation is 1. The van der Waals surface area contributed by atoms with E-state index in [0.29, 0.717) is 35.6 Å². The zero-order valence-corrected chi connectivity index (χ0v) is 17.2. The van der Waals surface area contributed by atoms with E-state index in [-0.39, 0.29) is 12.5 Å². The minimum Gasteiger partial charge on any atom is -0.487 e. The average Bonchev–Trinajstić information content (AvgIpc) is 2.82. The zero-order valence-electron chi connectivity index (χ0n) is 17.2. The Kier molecular flexibility index (Phi) is 5.25. The topological polar surface area (TPSA) is 77.5 Å². The van der Waals surface area contributed by atoms with Gasteiger partial charge in [0.2, 0.25) is 5.91 Å². The summed E-state index contributed by atoms with van der Waals surface area (Å²) >= 11 is 0. The molecule has 32 heavy (non-hydrogen) atoms. The van der Waals surface area contributed by atoms with Crippen molar-refractivity contribution in [3.8, 4) is 11.5 Å². The second-order valence-corrected chi connectivity index (χ2v) is 7.57. The molecule has 6 heteroatoms. The molecular weight excluding hydrogens is 404 g/mol. The summed E-state index contributed by atoms with van der Waals surface area (Å²) in [4.78, 5) is 28.8. The highest BCUT2D eigenvalue weighted by molar-refractivity contribution is 5.95. The second-order valence-electron chi connectivity index (χ2n) is 7.57. The number of benzene rings is 3. The van der Waals surface area contributed by atoms with Crippen LogP contribution in [0.2, 0.25) is 0 Å². The van der Waals surface area contributed by atoms with Crippen molar-refractivity contribution >= 4 is 28.5 Å². The third kappa shape index (κ3) is 4.30. The van der Waals surface area contributed by atoms with Crippen molar-refractivity contribution in [3.63, 3.8) is 0 Å². The van der Waals surface area contributed by atoms with Gasteiger partial charge < -0.3 is 14.8 Å². The number of amides is 1. The number of carbonyl (C=O) groups is 2. The molecule has 3 aromatic carbocycles. The molecule has 2 heterocycles. The third-order valence-corrected chi connectivity index (χ3v) is 5.30. The summed E-state index contributed by atoms with van der Waals surface area (Å²) in [7, 11) is 0. The third-order valence-electron chi connectivity index (χ3n) is 5.30. The average molecular weight is 424 g/mol. The molecule has 1 N–H and O–H groups in total. The largest absolute Gasteiger partial charge is 0.487 e. The fourth-order valence-electron chi connectivity index (χ4n) is 3.64. The molecule has 6 nitrogen and oxygen atoms in total. The molecule has 1 aromatic heterocycles. The molecule has 1 aliphatic heterocycles. The summed E-state index contributed by atoms with van der Waals surface area (Å²) in [5, 5.41) is 3.88. The number of carbonyl (C=O) groups excluding carboxylic acids is 2. The van der Waals surface area contributed by atoms with Gasteiger partial charge in [-0.1, -0.05) is 36.4 Å². The molecule has 1 aliphatic rings. The normalized spacial score (nSPS) is 12.7. The van der Waals surface area contributed by atoms with Gasteiger partial charge in [0.25, 0.3) is 0 Å². The summed E-state index contributed by atoms with van der Waals surface area (Å²) in [5.41, 5.74) is 3.80. The Labute approximate surface area is 184 Å². The summed E-state index contributed by atoms with van der Waals surface area (Å²) in [6.45, 7) is 0.286. The van der Waals surface area contributed by atoms with Gasteiger partial charge in [0, 0.05) is 23.6 Å². The monoisotopic (exact) mass is 424 g/mol. The van der Waals surface area contributed by atoms with Crippen molar-refractivity contribution in [1.82, 2.24) is 4.98 Å². The van der Waals surface area contributed by atoms with Crippen LogP contribution in [0.15, 0.2) is 78.9 Å². The lowest BCUT2D eigenvalue weighted by Crippen LogP contribution is -2.19. The van der Waals surface area contributed by atoms with E-state index in [1.807, 2.05) is 42.5 Å². The van der Waals surface area contributed by atoms with Gasteiger partial charge in [-0.15, -0.1) is 0 Å². The number of rotatable bonds is 5. The van der Waals surface area contributed by atoms with Gasteiger partial charge >= 0.3 is 5.97 Å². The Balaban J connectivity index is 1.26. The van der Waals surface area contributed by atoms with Crippen LogP contribution in [0.5, 0.6) is 11.5 Å². The van der Waals surface area contributed by atoms with E-state index in [1.165, 1.54) is 0 Å². The van der Waals surface area contributed by atoms with Crippen LogP contribution in [-0.4, -0.2) is 16.9 Å². The van der Waals surface area contributed by atoms with Gasteiger partial charge in [-0.25, -0.2) is 9.78 Å². The summed E-state index contributed by atoms with van der Waals surface area (Å²) in [5.74, 6) is 0.392. The van der Waals surface area contributed by atoms with E-state index in [4.69, 9.17) is 9.47 Å². The standard InChI is InChI=1S/C26H20N2O4/c29-25-13-10-18-9-12-22(15-24(18)28-25)32-26(30)19-5-3-6-21(14-19)31-16-20-11-8-17-4-1-2-7-23(17)27-20/h1-9,11-12,14-15H,10,13,16H2,(H,28,29). The molecule has 0 saturated heterocycles. The molecule has 0 atom stereocenters. The van der Waals surface area contributed by atoms with Gasteiger partial charge in [0.05, 0.1) is 16.8 Å². The molecule has 0 fully saturated rings. The number of para-hydroxylation sites is 1. The van der Waals surface area contributed by atoms with Crippen LogP contribution < -0.4 is 14.8 Å². The van der Waals surface area contributed by atoms with Crippen LogP contribution in [-0.2, 0) is 17.8 Å². The highest BCUT2D eigenvalue weighted by atomic mass is 16.5. The van der Waals surface area contributed by atoms with Crippen LogP contribution in [0.4, 0.5) is 5.69 Å². The number of hydrogen-bond acceptors (Lipinski definition) is 5. The number of nitrogens with one attached hydrogen (secondary N) is 1. The molecule has 0 bridgehead atoms. The summed E-state index contributed by atoms with van der Waals surface area (Å²) < 4.78 is 11.4. The van der Waals surface area contributed by atoms with Gasteiger partial charge in [-0.2, -0.15) is 0 Å². The fraction of sp³-hybridized carbons (Fsp3) is 0.115. The molecule has 0 spiro atoms. The molecule has 1 amide bonds. The number of pyridine rings is 1. The Hall–Kier alpha value is -4.19. The first-order valence-corrected chi connectivity index (χ1v) is 10.4. The number of aromatic nitrogens is 1. The van der Waals surface area contributed by atoms with Crippen LogP contribution in [0, 0.1) is 0 Å². The molecule has 0 radical (unpaired) electrons. The maximum absolute atomic E-state index is 12.6. The van der Waals surface area contributed by atoms with Crippen LogP contribution in [0.1, 0.15) is 28.0 Å². The first-order valence-electron chi connectivity index (χ1n) is 10.4. The molecule has 158 valence electrons. The van der Waals surface area contributed by atoms with E-state index in [9.17, 15) is 9.59 Å². The minimum absolute atomic E-state index is 0.0354. The van der Waals surface area contributed by atoms with Gasteiger partial charge in [0.15, 0.2) is 0 Å². The van der Waals surface area contributed by atoms with Crippen molar-refractivity contribution in [1.29, 1.82) is 0 Å². The lowest BCUT2D eigenvalue weighted by Gasteiger charge is -2.17. The molecule has 0 saturated carbocycles. The van der Waals surface area contributed by atoms with E-state index >= 15 is 0 Å². The first kappa shape index (κ1) is 19.8.